The lowest BCUT2D eigenvalue weighted by atomic mass is 10.1. The number of halogens is 3. The van der Waals surface area contributed by atoms with E-state index < -0.39 is 16.3 Å². The van der Waals surface area contributed by atoms with Crippen molar-refractivity contribution in [2.45, 2.75) is 24.6 Å². The van der Waals surface area contributed by atoms with Crippen molar-refractivity contribution in [1.82, 2.24) is 0 Å². The molecule has 0 aromatic heterocycles. The molecular formula is C12H11F3O2S2. The first kappa shape index (κ1) is 16.1. The minimum Gasteiger partial charge on any atom is -0.287 e. The molecule has 0 saturated heterocycles. The van der Waals surface area contributed by atoms with Crippen molar-refractivity contribution in [2.75, 3.05) is 0 Å². The molecule has 0 bridgehead atoms. The summed E-state index contributed by atoms with van der Waals surface area (Å²) in [6.45, 7) is 2.70. The van der Waals surface area contributed by atoms with E-state index in [9.17, 15) is 22.8 Å². The van der Waals surface area contributed by atoms with E-state index in [2.05, 4.69) is 0 Å². The average molecular weight is 308 g/mol. The number of rotatable bonds is 3. The predicted molar refractivity (Wildman–Crippen MR) is 70.7 cm³/mol. The molecule has 104 valence electrons. The van der Waals surface area contributed by atoms with Crippen LogP contribution in [0.3, 0.4) is 0 Å². The second kappa shape index (κ2) is 6.47. The molecule has 1 aromatic carbocycles. The zero-order valence-corrected chi connectivity index (χ0v) is 11.8. The zero-order chi connectivity index (χ0) is 14.6. The third kappa shape index (κ3) is 5.28. The van der Waals surface area contributed by atoms with Crippen LogP contribution in [0, 0.1) is 0 Å². The Kier molecular flexibility index (Phi) is 5.49. The Bertz CT molecular complexity index is 453. The molecule has 0 aliphatic carbocycles. The van der Waals surface area contributed by atoms with E-state index in [1.807, 2.05) is 0 Å². The molecule has 7 heteroatoms. The number of carbonyl (C=O) groups excluding carboxylic acids is 2. The van der Waals surface area contributed by atoms with Crippen molar-refractivity contribution in [2.24, 2.45) is 0 Å². The molecule has 0 saturated carbocycles. The van der Waals surface area contributed by atoms with Gasteiger partial charge in [0.05, 0.1) is 10.1 Å². The third-order valence-corrected chi connectivity index (χ3v) is 4.27. The molecular weight excluding hydrogens is 297 g/mol. The normalized spacial score (nSPS) is 11.7. The highest BCUT2D eigenvalue weighted by Gasteiger charge is 2.30. The number of benzene rings is 1. The molecule has 0 amide bonds. The second-order valence-electron chi connectivity index (χ2n) is 3.67. The fourth-order valence-electron chi connectivity index (χ4n) is 1.29. The minimum atomic E-state index is -4.39. The molecule has 0 unspecified atom stereocenters. The van der Waals surface area contributed by atoms with Crippen LogP contribution in [-0.2, 0) is 15.8 Å². The molecule has 2 nitrogen and oxygen atoms in total. The highest BCUT2D eigenvalue weighted by atomic mass is 32.2. The molecule has 0 atom stereocenters. The maximum absolute atomic E-state index is 12.4. The molecule has 0 heterocycles. The van der Waals surface area contributed by atoms with Gasteiger partial charge in [-0.05, 0) is 17.7 Å². The van der Waals surface area contributed by atoms with E-state index in [-0.39, 0.29) is 10.2 Å². The van der Waals surface area contributed by atoms with Crippen LogP contribution in [0.15, 0.2) is 24.3 Å². The molecule has 0 aliphatic rings. The van der Waals surface area contributed by atoms with Gasteiger partial charge >= 0.3 is 6.18 Å². The van der Waals surface area contributed by atoms with Crippen LogP contribution < -0.4 is 0 Å². The van der Waals surface area contributed by atoms with Crippen LogP contribution >= 0.6 is 23.5 Å². The Hall–Kier alpha value is -0.950. The largest absolute Gasteiger partial charge is 0.416 e. The van der Waals surface area contributed by atoms with Gasteiger partial charge in [0, 0.05) is 13.8 Å². The van der Waals surface area contributed by atoms with Gasteiger partial charge in [0.25, 0.3) is 0 Å². The van der Waals surface area contributed by atoms with E-state index in [0.29, 0.717) is 5.56 Å². The fourth-order valence-corrected chi connectivity index (χ4v) is 3.49. The SMILES string of the molecule is CC(=O)SC(SC(C)=O)c1ccc(C(F)(F)F)cc1. The van der Waals surface area contributed by atoms with Crippen molar-refractivity contribution in [3.63, 3.8) is 0 Å². The summed E-state index contributed by atoms with van der Waals surface area (Å²) in [7, 11) is 0. The summed E-state index contributed by atoms with van der Waals surface area (Å²) in [6, 6.07) is 4.48. The summed E-state index contributed by atoms with van der Waals surface area (Å²) in [4.78, 5) is 22.2. The van der Waals surface area contributed by atoms with Crippen molar-refractivity contribution < 1.29 is 22.8 Å². The van der Waals surface area contributed by atoms with Gasteiger partial charge in [-0.3, -0.25) is 9.59 Å². The maximum atomic E-state index is 12.4. The highest BCUT2D eigenvalue weighted by molar-refractivity contribution is 8.29. The maximum Gasteiger partial charge on any atom is 0.416 e. The van der Waals surface area contributed by atoms with Gasteiger partial charge in [0.2, 0.25) is 0 Å². The first-order valence-electron chi connectivity index (χ1n) is 5.21. The minimum absolute atomic E-state index is 0.196. The smallest absolute Gasteiger partial charge is 0.287 e. The van der Waals surface area contributed by atoms with Gasteiger partial charge in [-0.2, -0.15) is 13.2 Å². The summed E-state index contributed by atoms with van der Waals surface area (Å²) in [6.07, 6.45) is -4.39. The number of thioether (sulfide) groups is 2. The zero-order valence-electron chi connectivity index (χ0n) is 10.2. The van der Waals surface area contributed by atoms with Crippen LogP contribution in [0.25, 0.3) is 0 Å². The molecule has 19 heavy (non-hydrogen) atoms. The predicted octanol–water partition coefficient (Wildman–Crippen LogP) is 4.26. The molecule has 0 aliphatic heterocycles. The van der Waals surface area contributed by atoms with Crippen molar-refractivity contribution in [1.29, 1.82) is 0 Å². The monoisotopic (exact) mass is 308 g/mol. The lowest BCUT2D eigenvalue weighted by molar-refractivity contribution is -0.137. The van der Waals surface area contributed by atoms with Crippen LogP contribution in [0.2, 0.25) is 0 Å². The Balaban J connectivity index is 2.96. The van der Waals surface area contributed by atoms with Crippen molar-refractivity contribution in [3.05, 3.63) is 35.4 Å². The Labute approximate surface area is 117 Å². The molecule has 1 rings (SSSR count). The lowest BCUT2D eigenvalue weighted by Gasteiger charge is -2.14. The summed E-state index contributed by atoms with van der Waals surface area (Å²) >= 11 is 1.83. The average Bonchev–Trinajstić information content (AvgIpc) is 2.26. The van der Waals surface area contributed by atoms with Gasteiger partial charge in [0.1, 0.15) is 0 Å². The van der Waals surface area contributed by atoms with E-state index >= 15 is 0 Å². The molecule has 0 fully saturated rings. The molecule has 0 radical (unpaired) electrons. The van der Waals surface area contributed by atoms with Crippen LogP contribution in [0.1, 0.15) is 29.6 Å². The standard InChI is InChI=1S/C12H11F3O2S2/c1-7(16)18-11(19-8(2)17)9-3-5-10(6-4-9)12(13,14)15/h3-6,11H,1-2H3. The van der Waals surface area contributed by atoms with Gasteiger partial charge < -0.3 is 0 Å². The Morgan fingerprint density at radius 3 is 1.74 bits per heavy atom. The molecule has 0 N–H and O–H groups in total. The highest BCUT2D eigenvalue weighted by Crippen LogP contribution is 2.41. The van der Waals surface area contributed by atoms with Gasteiger partial charge in [-0.15, -0.1) is 0 Å². The number of hydrogen-bond acceptors (Lipinski definition) is 4. The van der Waals surface area contributed by atoms with E-state index in [1.54, 1.807) is 0 Å². The van der Waals surface area contributed by atoms with E-state index in [1.165, 1.54) is 26.0 Å². The summed E-state index contributed by atoms with van der Waals surface area (Å²) in [5, 5.41) is -0.391. The number of alkyl halides is 3. The van der Waals surface area contributed by atoms with Crippen molar-refractivity contribution in [3.8, 4) is 0 Å². The van der Waals surface area contributed by atoms with Crippen LogP contribution in [-0.4, -0.2) is 10.2 Å². The first-order chi connectivity index (χ1) is 8.70. The van der Waals surface area contributed by atoms with Crippen LogP contribution in [0.4, 0.5) is 13.2 Å². The van der Waals surface area contributed by atoms with Gasteiger partial charge in [0.15, 0.2) is 10.2 Å². The fraction of sp³-hybridized carbons (Fsp3) is 0.333. The van der Waals surface area contributed by atoms with E-state index in [0.717, 1.165) is 35.7 Å². The first-order valence-corrected chi connectivity index (χ1v) is 6.97. The van der Waals surface area contributed by atoms with Gasteiger partial charge in [-0.1, -0.05) is 35.7 Å². The second-order valence-corrected chi connectivity index (χ2v) is 6.53. The van der Waals surface area contributed by atoms with Gasteiger partial charge in [-0.25, -0.2) is 0 Å². The number of hydrogen-bond donors (Lipinski definition) is 0. The quantitative estimate of drug-likeness (QED) is 0.781. The molecule has 1 aromatic rings. The van der Waals surface area contributed by atoms with Crippen molar-refractivity contribution >= 4 is 33.8 Å². The molecule has 0 spiro atoms. The summed E-state index contributed by atoms with van der Waals surface area (Å²) < 4.78 is 36.8. The Morgan fingerprint density at radius 1 is 1.00 bits per heavy atom. The number of carbonyl (C=O) groups is 2. The summed E-state index contributed by atoms with van der Waals surface area (Å²) in [5.41, 5.74) is -0.246. The third-order valence-electron chi connectivity index (χ3n) is 2.06. The van der Waals surface area contributed by atoms with E-state index in [4.69, 9.17) is 0 Å². The topological polar surface area (TPSA) is 34.1 Å². The summed E-state index contributed by atoms with van der Waals surface area (Å²) in [5.74, 6) is 0. The Morgan fingerprint density at radius 2 is 1.42 bits per heavy atom. The van der Waals surface area contributed by atoms with Crippen LogP contribution in [0.5, 0.6) is 0 Å². The lowest BCUT2D eigenvalue weighted by Crippen LogP contribution is -2.05.